The Hall–Kier alpha value is -0.390. The summed E-state index contributed by atoms with van der Waals surface area (Å²) < 4.78 is 0.710. The highest BCUT2D eigenvalue weighted by molar-refractivity contribution is 9.11. The zero-order valence-electron chi connectivity index (χ0n) is 6.51. The molecule has 0 fully saturated rings. The quantitative estimate of drug-likeness (QED) is 0.924. The molecule has 1 aromatic rings. The van der Waals surface area contributed by atoms with E-state index in [0.29, 0.717) is 15.9 Å². The van der Waals surface area contributed by atoms with E-state index >= 15 is 0 Å². The van der Waals surface area contributed by atoms with Gasteiger partial charge in [-0.3, -0.25) is 4.79 Å². The van der Waals surface area contributed by atoms with Gasteiger partial charge < -0.3 is 5.32 Å². The van der Waals surface area contributed by atoms with Crippen molar-refractivity contribution < 1.29 is 4.79 Å². The van der Waals surface area contributed by atoms with Gasteiger partial charge in [0.1, 0.15) is 4.88 Å². The van der Waals surface area contributed by atoms with Crippen LogP contribution in [0.4, 0.5) is 0 Å². The summed E-state index contributed by atoms with van der Waals surface area (Å²) in [6.45, 7) is 3.97. The molecule has 13 heavy (non-hydrogen) atoms. The van der Waals surface area contributed by atoms with Crippen molar-refractivity contribution in [3.63, 3.8) is 0 Å². The van der Waals surface area contributed by atoms with Crippen LogP contribution >= 0.6 is 38.9 Å². The van der Waals surface area contributed by atoms with Gasteiger partial charge in [0.2, 0.25) is 0 Å². The third-order valence-electron chi connectivity index (χ3n) is 1.17. The number of carbonyl (C=O) groups is 1. The van der Waals surface area contributed by atoms with Gasteiger partial charge in [0.25, 0.3) is 5.91 Å². The lowest BCUT2D eigenvalue weighted by molar-refractivity contribution is 0.0962. The van der Waals surface area contributed by atoms with Gasteiger partial charge in [-0.2, -0.15) is 0 Å². The maximum Gasteiger partial charge on any atom is 0.264 e. The largest absolute Gasteiger partial charge is 0.347 e. The number of nitrogens with zero attached hydrogens (tertiary/aromatic N) is 1. The molecule has 0 unspecified atom stereocenters. The molecule has 3 nitrogen and oxygen atoms in total. The van der Waals surface area contributed by atoms with Gasteiger partial charge >= 0.3 is 0 Å². The lowest BCUT2D eigenvalue weighted by Crippen LogP contribution is -2.23. The number of halogens is 2. The molecule has 0 atom stereocenters. The van der Waals surface area contributed by atoms with Crippen LogP contribution in [0.15, 0.2) is 16.6 Å². The highest BCUT2D eigenvalue weighted by Gasteiger charge is 2.12. The molecule has 0 aliphatic rings. The second kappa shape index (κ2) is 4.74. The molecule has 1 rings (SSSR count). The molecule has 1 N–H and O–H groups in total. The fraction of sp³-hybridized carbons (Fsp3) is 0.143. The van der Waals surface area contributed by atoms with Crippen molar-refractivity contribution in [3.8, 4) is 0 Å². The predicted molar refractivity (Wildman–Crippen MR) is 57.5 cm³/mol. The van der Waals surface area contributed by atoms with Crippen LogP contribution in [-0.4, -0.2) is 17.4 Å². The van der Waals surface area contributed by atoms with Crippen molar-refractivity contribution >= 4 is 44.8 Å². The molecule has 0 bridgehead atoms. The van der Waals surface area contributed by atoms with E-state index in [0.717, 1.165) is 0 Å². The maximum absolute atomic E-state index is 11.3. The zero-order chi connectivity index (χ0) is 9.84. The molecule has 1 heterocycles. The third kappa shape index (κ3) is 3.10. The number of aromatic nitrogens is 1. The highest BCUT2D eigenvalue weighted by atomic mass is 79.9. The molecule has 0 aromatic carbocycles. The molecule has 0 saturated carbocycles. The Morgan fingerprint density at radius 2 is 2.54 bits per heavy atom. The van der Waals surface area contributed by atoms with Crippen LogP contribution in [0.25, 0.3) is 0 Å². The van der Waals surface area contributed by atoms with E-state index < -0.39 is 0 Å². The van der Waals surface area contributed by atoms with Crippen molar-refractivity contribution in [2.45, 2.75) is 0 Å². The van der Waals surface area contributed by atoms with E-state index in [2.05, 4.69) is 32.8 Å². The number of hydrogen-bond donors (Lipinski definition) is 1. The Labute approximate surface area is 92.9 Å². The molecule has 0 aliphatic heterocycles. The van der Waals surface area contributed by atoms with Crippen molar-refractivity contribution in [1.82, 2.24) is 10.3 Å². The van der Waals surface area contributed by atoms with Crippen molar-refractivity contribution in [2.24, 2.45) is 0 Å². The summed E-state index contributed by atoms with van der Waals surface area (Å²) in [6, 6.07) is 0. The van der Waals surface area contributed by atoms with Gasteiger partial charge in [-0.25, -0.2) is 4.98 Å². The van der Waals surface area contributed by atoms with Crippen LogP contribution in [-0.2, 0) is 0 Å². The van der Waals surface area contributed by atoms with E-state index in [1.165, 1.54) is 16.8 Å². The summed E-state index contributed by atoms with van der Waals surface area (Å²) in [5.74, 6) is -0.229. The number of nitrogens with one attached hydrogen (secondary N) is 1. The highest BCUT2D eigenvalue weighted by Crippen LogP contribution is 2.17. The topological polar surface area (TPSA) is 42.0 Å². The lowest BCUT2D eigenvalue weighted by atomic mass is 10.5. The van der Waals surface area contributed by atoms with Crippen molar-refractivity contribution in [1.29, 1.82) is 0 Å². The average molecular weight is 282 g/mol. The Kier molecular flexibility index (Phi) is 3.90. The second-order valence-corrected chi connectivity index (χ2v) is 4.51. The minimum Gasteiger partial charge on any atom is -0.347 e. The lowest BCUT2D eigenvalue weighted by Gasteiger charge is -2.00. The predicted octanol–water partition coefficient (Wildman–Crippen LogP) is 2.43. The number of rotatable bonds is 3. The van der Waals surface area contributed by atoms with Crippen LogP contribution in [0.5, 0.6) is 0 Å². The number of hydrogen-bond acceptors (Lipinski definition) is 3. The smallest absolute Gasteiger partial charge is 0.264 e. The number of thiazole rings is 1. The minimum atomic E-state index is -0.229. The van der Waals surface area contributed by atoms with Crippen LogP contribution < -0.4 is 5.32 Å². The van der Waals surface area contributed by atoms with Crippen LogP contribution in [0, 0.1) is 0 Å². The fourth-order valence-corrected chi connectivity index (χ4v) is 1.70. The van der Waals surface area contributed by atoms with E-state index in [1.807, 2.05) is 0 Å². The zero-order valence-corrected chi connectivity index (χ0v) is 9.67. The standard InChI is InChI=1S/C7H6BrClN2OS/c1-4(8)2-10-7(12)5-6(9)11-3-13-5/h3H,1-2H2,(H,10,12). The summed E-state index contributed by atoms with van der Waals surface area (Å²) in [5, 5.41) is 2.86. The molecule has 6 heteroatoms. The van der Waals surface area contributed by atoms with Gasteiger partial charge in [0.05, 0.1) is 5.51 Å². The number of amides is 1. The Morgan fingerprint density at radius 1 is 1.85 bits per heavy atom. The van der Waals surface area contributed by atoms with E-state index in [1.54, 1.807) is 0 Å². The van der Waals surface area contributed by atoms with E-state index in [4.69, 9.17) is 11.6 Å². The van der Waals surface area contributed by atoms with Gasteiger partial charge in [0.15, 0.2) is 5.15 Å². The molecule has 0 saturated heterocycles. The molecule has 0 spiro atoms. The number of carbonyl (C=O) groups excluding carboxylic acids is 1. The van der Waals surface area contributed by atoms with Gasteiger partial charge in [-0.1, -0.05) is 34.1 Å². The first-order chi connectivity index (χ1) is 6.11. The minimum absolute atomic E-state index is 0.229. The first kappa shape index (κ1) is 10.7. The molecular formula is C7H6BrClN2OS. The molecule has 0 aliphatic carbocycles. The van der Waals surface area contributed by atoms with Gasteiger partial charge in [0, 0.05) is 11.0 Å². The maximum atomic E-state index is 11.3. The first-order valence-electron chi connectivity index (χ1n) is 3.31. The fourth-order valence-electron chi connectivity index (χ4n) is 0.636. The summed E-state index contributed by atoms with van der Waals surface area (Å²) in [7, 11) is 0. The van der Waals surface area contributed by atoms with Crippen LogP contribution in [0.2, 0.25) is 5.15 Å². The Bertz CT molecular complexity index is 339. The first-order valence-corrected chi connectivity index (χ1v) is 5.36. The summed E-state index contributed by atoms with van der Waals surface area (Å²) in [5.41, 5.74) is 1.53. The summed E-state index contributed by atoms with van der Waals surface area (Å²) >= 11 is 9.99. The second-order valence-electron chi connectivity index (χ2n) is 2.17. The summed E-state index contributed by atoms with van der Waals surface area (Å²) in [4.78, 5) is 15.5. The van der Waals surface area contributed by atoms with Crippen LogP contribution in [0.3, 0.4) is 0 Å². The van der Waals surface area contributed by atoms with E-state index in [-0.39, 0.29) is 11.1 Å². The SMILES string of the molecule is C=C(Br)CNC(=O)c1scnc1Cl. The molecule has 0 radical (unpaired) electrons. The van der Waals surface area contributed by atoms with E-state index in [9.17, 15) is 4.79 Å². The Balaban J connectivity index is 2.59. The average Bonchev–Trinajstić information content (AvgIpc) is 2.47. The Morgan fingerprint density at radius 3 is 3.00 bits per heavy atom. The van der Waals surface area contributed by atoms with Gasteiger partial charge in [-0.05, 0) is 0 Å². The van der Waals surface area contributed by atoms with Crippen molar-refractivity contribution in [2.75, 3.05) is 6.54 Å². The van der Waals surface area contributed by atoms with Crippen molar-refractivity contribution in [3.05, 3.63) is 26.6 Å². The van der Waals surface area contributed by atoms with Crippen LogP contribution in [0.1, 0.15) is 9.67 Å². The van der Waals surface area contributed by atoms with Gasteiger partial charge in [-0.15, -0.1) is 11.3 Å². The molecule has 1 aromatic heterocycles. The molecular weight excluding hydrogens is 276 g/mol. The molecule has 70 valence electrons. The summed E-state index contributed by atoms with van der Waals surface area (Å²) in [6.07, 6.45) is 0. The normalized spacial score (nSPS) is 9.69. The third-order valence-corrected chi connectivity index (χ3v) is 2.68. The monoisotopic (exact) mass is 280 g/mol. The molecule has 1 amide bonds.